The highest BCUT2D eigenvalue weighted by Crippen LogP contribution is 2.52. The summed E-state index contributed by atoms with van der Waals surface area (Å²) in [5.74, 6) is -6.27. The van der Waals surface area contributed by atoms with E-state index in [-0.39, 0.29) is 45.8 Å². The van der Waals surface area contributed by atoms with Gasteiger partial charge >= 0.3 is 0 Å². The van der Waals surface area contributed by atoms with E-state index in [0.717, 1.165) is 6.07 Å². The predicted molar refractivity (Wildman–Crippen MR) is 134 cm³/mol. The summed E-state index contributed by atoms with van der Waals surface area (Å²) in [7, 11) is -4.05. The van der Waals surface area contributed by atoms with Crippen molar-refractivity contribution in [3.63, 3.8) is 0 Å². The largest absolute Gasteiger partial charge is 0.385 e. The van der Waals surface area contributed by atoms with Crippen molar-refractivity contribution >= 4 is 33.0 Å². The van der Waals surface area contributed by atoms with Crippen molar-refractivity contribution in [3.05, 3.63) is 58.4 Å². The minimum absolute atomic E-state index is 0.0813. The van der Waals surface area contributed by atoms with Gasteiger partial charge in [-0.2, -0.15) is 0 Å². The van der Waals surface area contributed by atoms with Gasteiger partial charge in [0, 0.05) is 36.6 Å². The Balaban J connectivity index is 1.60. The number of fused-ring (bicyclic) bond motifs is 2. The summed E-state index contributed by atoms with van der Waals surface area (Å²) in [5, 5.41) is 12.7. The van der Waals surface area contributed by atoms with Crippen LogP contribution >= 0.6 is 11.6 Å². The van der Waals surface area contributed by atoms with Gasteiger partial charge < -0.3 is 19.9 Å². The number of aliphatic hydroxyl groups is 1. The zero-order valence-electron chi connectivity index (χ0n) is 20.8. The maximum Gasteiger partial charge on any atom is 0.255 e. The van der Waals surface area contributed by atoms with Crippen LogP contribution in [0, 0.1) is 29.3 Å². The first kappa shape index (κ1) is 28.8. The maximum atomic E-state index is 13.9. The predicted octanol–water partition coefficient (Wildman–Crippen LogP) is 5.10. The van der Waals surface area contributed by atoms with Gasteiger partial charge in [-0.3, -0.25) is 4.79 Å². The first-order valence-electron chi connectivity index (χ1n) is 12.4. The number of nitrogens with one attached hydrogen (secondary N) is 1. The molecule has 2 fully saturated rings. The number of hydrogen-bond donors (Lipinski definition) is 2. The number of sulfone groups is 1. The molecule has 0 aliphatic heterocycles. The van der Waals surface area contributed by atoms with Crippen molar-refractivity contribution in [3.8, 4) is 0 Å². The Morgan fingerprint density at radius 2 is 1.63 bits per heavy atom. The first-order chi connectivity index (χ1) is 17.9. The van der Waals surface area contributed by atoms with Gasteiger partial charge in [-0.15, -0.1) is 0 Å². The molecule has 2 aliphatic rings. The van der Waals surface area contributed by atoms with Crippen molar-refractivity contribution in [2.75, 3.05) is 18.5 Å². The van der Waals surface area contributed by atoms with Crippen LogP contribution in [0.4, 0.5) is 18.9 Å². The fourth-order valence-electron chi connectivity index (χ4n) is 5.77. The van der Waals surface area contributed by atoms with E-state index in [4.69, 9.17) is 21.1 Å². The molecule has 2 aromatic rings. The molecule has 38 heavy (non-hydrogen) atoms. The lowest BCUT2D eigenvalue weighted by atomic mass is 9.76. The second-order valence-electron chi connectivity index (χ2n) is 9.71. The van der Waals surface area contributed by atoms with E-state index in [1.165, 1.54) is 12.1 Å². The number of rotatable bonds is 9. The summed E-state index contributed by atoms with van der Waals surface area (Å²) in [6, 6.07) is 4.88. The summed E-state index contributed by atoms with van der Waals surface area (Å²) in [6.45, 7) is 4.22. The SMILES string of the molecule is CCOC(OCC)[C@]1(O)CC2CCC(C1)[C@H]2S(=O)(=O)c1cc(C(=O)Nc2cc(F)c(F)c(F)c2)ccc1Cl. The Morgan fingerprint density at radius 3 is 2.16 bits per heavy atom. The molecule has 0 aromatic heterocycles. The van der Waals surface area contributed by atoms with Gasteiger partial charge in [-0.05, 0) is 69.6 Å². The van der Waals surface area contributed by atoms with E-state index < -0.39 is 50.3 Å². The third-order valence-corrected chi connectivity index (χ3v) is 10.1. The minimum Gasteiger partial charge on any atom is -0.385 e. The molecule has 0 heterocycles. The summed E-state index contributed by atoms with van der Waals surface area (Å²) >= 11 is 6.29. The molecule has 0 saturated heterocycles. The van der Waals surface area contributed by atoms with Gasteiger partial charge in [-0.25, -0.2) is 21.6 Å². The lowest BCUT2D eigenvalue weighted by molar-refractivity contribution is -0.249. The third-order valence-electron chi connectivity index (χ3n) is 7.24. The van der Waals surface area contributed by atoms with Crippen molar-refractivity contribution in [2.45, 2.75) is 61.6 Å². The second-order valence-corrected chi connectivity index (χ2v) is 12.2. The molecular weight excluding hydrogens is 547 g/mol. The summed E-state index contributed by atoms with van der Waals surface area (Å²) in [4.78, 5) is 12.5. The second kappa shape index (κ2) is 11.1. The van der Waals surface area contributed by atoms with Crippen LogP contribution in [0.15, 0.2) is 35.2 Å². The average molecular weight is 576 g/mol. The first-order valence-corrected chi connectivity index (χ1v) is 14.3. The van der Waals surface area contributed by atoms with E-state index in [1.54, 1.807) is 13.8 Å². The monoisotopic (exact) mass is 575 g/mol. The molecule has 2 bridgehead atoms. The van der Waals surface area contributed by atoms with Gasteiger partial charge in [0.05, 0.1) is 15.2 Å². The van der Waals surface area contributed by atoms with Gasteiger partial charge in [-0.1, -0.05) is 11.6 Å². The zero-order chi connectivity index (χ0) is 27.8. The van der Waals surface area contributed by atoms with Crippen LogP contribution < -0.4 is 5.32 Å². The van der Waals surface area contributed by atoms with Gasteiger partial charge in [0.25, 0.3) is 5.91 Å². The van der Waals surface area contributed by atoms with Crippen LogP contribution in [0.5, 0.6) is 0 Å². The minimum atomic E-state index is -4.05. The van der Waals surface area contributed by atoms with E-state index in [2.05, 4.69) is 5.32 Å². The summed E-state index contributed by atoms with van der Waals surface area (Å²) < 4.78 is 79.3. The zero-order valence-corrected chi connectivity index (χ0v) is 22.4. The van der Waals surface area contributed by atoms with Gasteiger partial charge in [0.1, 0.15) is 5.60 Å². The summed E-state index contributed by atoms with van der Waals surface area (Å²) in [6.07, 6.45) is 0.624. The Morgan fingerprint density at radius 1 is 1.08 bits per heavy atom. The van der Waals surface area contributed by atoms with Crippen molar-refractivity contribution in [1.29, 1.82) is 0 Å². The third kappa shape index (κ3) is 5.44. The number of carbonyl (C=O) groups is 1. The number of ether oxygens (including phenoxy) is 2. The fraction of sp³-hybridized carbons (Fsp3) is 0.500. The van der Waals surface area contributed by atoms with E-state index >= 15 is 0 Å². The van der Waals surface area contributed by atoms with E-state index in [1.807, 2.05) is 0 Å². The van der Waals surface area contributed by atoms with Crippen LogP contribution in [0.25, 0.3) is 0 Å². The molecule has 1 amide bonds. The van der Waals surface area contributed by atoms with Crippen molar-refractivity contribution < 1.29 is 41.0 Å². The normalized spacial score (nSPS) is 25.1. The van der Waals surface area contributed by atoms with Crippen molar-refractivity contribution in [2.24, 2.45) is 11.8 Å². The Labute approximate surface area is 224 Å². The molecule has 2 aromatic carbocycles. The molecule has 0 spiro atoms. The van der Waals surface area contributed by atoms with E-state index in [0.29, 0.717) is 38.2 Å². The lowest BCUT2D eigenvalue weighted by Crippen LogP contribution is -2.54. The number of halogens is 4. The van der Waals surface area contributed by atoms with Crippen molar-refractivity contribution in [1.82, 2.24) is 0 Å². The van der Waals surface area contributed by atoms with Crippen LogP contribution in [-0.2, 0) is 19.3 Å². The standard InChI is InChI=1S/C26H29ClF3NO6S/c1-3-36-25(37-4-2)26(33)12-15-5-6-16(13-26)23(15)38(34,35)21-9-14(7-8-18(21)27)24(32)31-17-10-19(28)22(30)20(29)11-17/h7-11,15-16,23,25,33H,3-6,12-13H2,1-2H3,(H,31,32)/t15?,16?,23-,26-. The Bertz CT molecular complexity index is 1280. The van der Waals surface area contributed by atoms with Crippen LogP contribution in [0.1, 0.15) is 49.9 Å². The highest BCUT2D eigenvalue weighted by Gasteiger charge is 2.57. The topological polar surface area (TPSA) is 102 Å². The molecule has 2 saturated carbocycles. The summed E-state index contributed by atoms with van der Waals surface area (Å²) in [5.41, 5.74) is -1.80. The highest BCUT2D eigenvalue weighted by atomic mass is 35.5. The molecule has 7 nitrogen and oxygen atoms in total. The van der Waals surface area contributed by atoms with Gasteiger partial charge in [0.15, 0.2) is 33.6 Å². The van der Waals surface area contributed by atoms with Crippen LogP contribution in [0.2, 0.25) is 5.02 Å². The molecule has 2 atom stereocenters. The van der Waals surface area contributed by atoms with Crippen LogP contribution in [-0.4, -0.2) is 49.8 Å². The highest BCUT2D eigenvalue weighted by molar-refractivity contribution is 7.92. The number of hydrogen-bond acceptors (Lipinski definition) is 6. The number of anilines is 1. The molecule has 2 N–H and O–H groups in total. The maximum absolute atomic E-state index is 13.9. The van der Waals surface area contributed by atoms with Gasteiger partial charge in [0.2, 0.25) is 0 Å². The average Bonchev–Trinajstić information content (AvgIpc) is 3.15. The lowest BCUT2D eigenvalue weighted by Gasteiger charge is -2.44. The number of carbonyl (C=O) groups excluding carboxylic acids is 1. The van der Waals surface area contributed by atoms with E-state index in [9.17, 15) is 31.5 Å². The molecule has 2 aliphatic carbocycles. The molecule has 208 valence electrons. The molecule has 2 unspecified atom stereocenters. The smallest absolute Gasteiger partial charge is 0.255 e. The molecular formula is C26H29ClF3NO6S. The van der Waals surface area contributed by atoms with Crippen LogP contribution in [0.3, 0.4) is 0 Å². The quantitative estimate of drug-likeness (QED) is 0.319. The molecule has 4 rings (SSSR count). The number of amides is 1. The Kier molecular flexibility index (Phi) is 8.44. The molecule has 0 radical (unpaired) electrons. The number of benzene rings is 2. The molecule has 12 heteroatoms. The Hall–Kier alpha value is -2.18. The fourth-order valence-corrected chi connectivity index (χ4v) is 8.61.